The molecule has 0 unspecified atom stereocenters. The first kappa shape index (κ1) is 12.2. The Labute approximate surface area is 94.7 Å². The lowest BCUT2D eigenvalue weighted by Crippen LogP contribution is -2.23. The van der Waals surface area contributed by atoms with Gasteiger partial charge in [-0.2, -0.15) is 0 Å². The summed E-state index contributed by atoms with van der Waals surface area (Å²) in [6, 6.07) is 0. The second kappa shape index (κ2) is 7.85. The quantitative estimate of drug-likeness (QED) is 0.414. The maximum Gasteiger partial charge on any atom is 0.0132 e. The molecule has 12 heavy (non-hydrogen) atoms. The average molecular weight is 238 g/mol. The highest BCUT2D eigenvalue weighted by Crippen LogP contribution is 1.84. The number of hydrogen-bond donors (Lipinski definition) is 2. The van der Waals surface area contributed by atoms with Gasteiger partial charge in [0.05, 0.1) is 0 Å². The first-order valence-electron chi connectivity index (χ1n) is 3.52. The Morgan fingerprint density at radius 1 is 0.917 bits per heavy atom. The number of nitrogens with one attached hydrogen (secondary N) is 2. The van der Waals surface area contributed by atoms with Gasteiger partial charge in [0.25, 0.3) is 0 Å². The number of hydrogen-bond acceptors (Lipinski definition) is 4. The highest BCUT2D eigenvalue weighted by molar-refractivity contribution is 8.00. The van der Waals surface area contributed by atoms with E-state index in [1.54, 1.807) is 0 Å². The summed E-state index contributed by atoms with van der Waals surface area (Å²) in [5.41, 5.74) is 0. The maximum absolute atomic E-state index is 4.67. The van der Waals surface area contributed by atoms with Crippen molar-refractivity contribution in [3.05, 3.63) is 0 Å². The largest absolute Gasteiger partial charge is 0.412 e. The molecule has 0 atom stereocenters. The molecule has 0 saturated carbocycles. The van der Waals surface area contributed by atoms with Crippen LogP contribution in [-0.4, -0.2) is 21.7 Å². The predicted molar refractivity (Wildman–Crippen MR) is 65.2 cm³/mol. The summed E-state index contributed by atoms with van der Waals surface area (Å²) < 4.78 is 0.864. The molecule has 0 aromatic heterocycles. The molecule has 0 aliphatic heterocycles. The second-order valence-corrected chi connectivity index (χ2v) is 4.29. The van der Waals surface area contributed by atoms with E-state index in [1.807, 2.05) is 0 Å². The van der Waals surface area contributed by atoms with Crippen LogP contribution in [0.1, 0.15) is 12.8 Å². The van der Waals surface area contributed by atoms with Crippen molar-refractivity contribution in [2.24, 2.45) is 0 Å². The lowest BCUT2D eigenvalue weighted by atomic mass is 10.3. The molecule has 0 amide bonds. The fraction of sp³-hybridized carbons (Fsp3) is 0.667. The van der Waals surface area contributed by atoms with Crippen LogP contribution in [-0.2, 0) is 25.3 Å². The van der Waals surface area contributed by atoms with E-state index in [-0.39, 0.29) is 0 Å². The summed E-state index contributed by atoms with van der Waals surface area (Å²) in [5, 5.41) is 5.79. The van der Waals surface area contributed by atoms with Crippen LogP contribution in [0.3, 0.4) is 0 Å². The van der Waals surface area contributed by atoms with Crippen molar-refractivity contribution in [3.63, 3.8) is 0 Å². The van der Waals surface area contributed by atoms with Crippen LogP contribution in [0.5, 0.6) is 0 Å². The van der Waals surface area contributed by atoms with Gasteiger partial charge in [0.1, 0.15) is 0 Å². The fourth-order valence-electron chi connectivity index (χ4n) is 0.631. The first-order valence-corrected chi connectivity index (χ1v) is 5.16. The summed E-state index contributed by atoms with van der Waals surface area (Å²) >= 11 is 18.7. The highest BCUT2D eigenvalue weighted by Gasteiger charge is 1.85. The molecule has 2 nitrogen and oxygen atoms in total. The van der Waals surface area contributed by atoms with E-state index in [4.69, 9.17) is 0 Å². The van der Waals surface area contributed by atoms with Gasteiger partial charge >= 0.3 is 0 Å². The van der Waals surface area contributed by atoms with Gasteiger partial charge in [0.2, 0.25) is 0 Å². The highest BCUT2D eigenvalue weighted by atomic mass is 32.1. The molecule has 70 valence electrons. The van der Waals surface area contributed by atoms with Crippen molar-refractivity contribution in [3.8, 4) is 0 Å². The van der Waals surface area contributed by atoms with Gasteiger partial charge in [-0.15, -0.1) is 0 Å². The van der Waals surface area contributed by atoms with Gasteiger partial charge < -0.3 is 60.3 Å². The third-order valence-electron chi connectivity index (χ3n) is 1.14. The third-order valence-corrected chi connectivity index (χ3v) is 1.72. The number of unbranched alkanes of at least 4 members (excludes halogenated alkanes) is 1. The third kappa shape index (κ3) is 10.2. The first-order chi connectivity index (χ1) is 5.63. The molecule has 0 rings (SSSR count). The Morgan fingerprint density at radius 2 is 1.25 bits per heavy atom. The monoisotopic (exact) mass is 238 g/mol. The van der Waals surface area contributed by atoms with Gasteiger partial charge in [0.15, 0.2) is 0 Å². The topological polar surface area (TPSA) is 24.1 Å². The number of rotatable bonds is 5. The SMILES string of the molecule is S=C([S-])NCCCCNC(=S)[S-]. The zero-order valence-corrected chi connectivity index (χ0v) is 9.73. The van der Waals surface area contributed by atoms with Crippen molar-refractivity contribution in [2.45, 2.75) is 12.8 Å². The molecule has 6 heteroatoms. The van der Waals surface area contributed by atoms with E-state index in [9.17, 15) is 0 Å². The maximum atomic E-state index is 4.67. The summed E-state index contributed by atoms with van der Waals surface area (Å²) in [7, 11) is 0. The summed E-state index contributed by atoms with van der Waals surface area (Å²) in [6.45, 7) is 1.66. The molecule has 2 N–H and O–H groups in total. The van der Waals surface area contributed by atoms with E-state index in [0.29, 0.717) is 8.64 Å². The average Bonchev–Trinajstić information content (AvgIpc) is 1.95. The van der Waals surface area contributed by atoms with E-state index in [2.05, 4.69) is 60.3 Å². The summed E-state index contributed by atoms with van der Waals surface area (Å²) in [5.74, 6) is 0. The summed E-state index contributed by atoms with van der Waals surface area (Å²) in [6.07, 6.45) is 2.03. The Kier molecular flexibility index (Phi) is 7.99. The van der Waals surface area contributed by atoms with Gasteiger partial charge in [-0.25, -0.2) is 0 Å². The molecule has 0 aliphatic carbocycles. The van der Waals surface area contributed by atoms with Gasteiger partial charge in [-0.3, -0.25) is 0 Å². The Hall–Kier alpha value is 0.220. The molecule has 0 aromatic rings. The van der Waals surface area contributed by atoms with Crippen LogP contribution in [0, 0.1) is 0 Å². The minimum atomic E-state index is 0.432. The van der Waals surface area contributed by atoms with Gasteiger partial charge in [0, 0.05) is 13.1 Å². The molecular formula is C6H10N2S4-2. The minimum Gasteiger partial charge on any atom is -0.412 e. The standard InChI is InChI=1S/C6H12N2S4/c9-5(10)7-3-1-2-4-8-6(11)12/h1-4H2,(H2,7,9,10)(H2,8,11,12)/p-2. The molecular weight excluding hydrogens is 228 g/mol. The minimum absolute atomic E-state index is 0.432. The molecule has 0 aromatic carbocycles. The molecule has 0 heterocycles. The van der Waals surface area contributed by atoms with Crippen LogP contribution < -0.4 is 10.6 Å². The van der Waals surface area contributed by atoms with Crippen molar-refractivity contribution in [2.75, 3.05) is 13.1 Å². The lowest BCUT2D eigenvalue weighted by molar-refractivity contribution is 0.699. The number of thiocarbonyl (C=S) groups is 2. The second-order valence-electron chi connectivity index (χ2n) is 2.14. The van der Waals surface area contributed by atoms with Crippen LogP contribution in [0.25, 0.3) is 0 Å². The molecule has 0 bridgehead atoms. The Morgan fingerprint density at radius 3 is 1.50 bits per heavy atom. The molecule has 0 aliphatic rings. The van der Waals surface area contributed by atoms with E-state index >= 15 is 0 Å². The van der Waals surface area contributed by atoms with Crippen molar-refractivity contribution in [1.82, 2.24) is 10.6 Å². The van der Waals surface area contributed by atoms with Crippen molar-refractivity contribution < 1.29 is 0 Å². The van der Waals surface area contributed by atoms with Crippen molar-refractivity contribution >= 4 is 58.3 Å². The zero-order valence-electron chi connectivity index (χ0n) is 6.46. The molecule has 0 spiro atoms. The van der Waals surface area contributed by atoms with Crippen LogP contribution in [0.2, 0.25) is 0 Å². The van der Waals surface area contributed by atoms with Crippen LogP contribution in [0.15, 0.2) is 0 Å². The lowest BCUT2D eigenvalue weighted by Gasteiger charge is -2.11. The fourth-order valence-corrected chi connectivity index (χ4v) is 1.04. The van der Waals surface area contributed by atoms with Gasteiger partial charge in [-0.05, 0) is 12.8 Å². The van der Waals surface area contributed by atoms with Crippen LogP contribution in [0.4, 0.5) is 0 Å². The molecule has 0 saturated heterocycles. The van der Waals surface area contributed by atoms with E-state index < -0.39 is 0 Å². The smallest absolute Gasteiger partial charge is 0.0132 e. The zero-order chi connectivity index (χ0) is 9.40. The molecule has 0 radical (unpaired) electrons. The predicted octanol–water partition coefficient (Wildman–Crippen LogP) is 0.609. The van der Waals surface area contributed by atoms with E-state index in [1.165, 1.54) is 0 Å². The van der Waals surface area contributed by atoms with E-state index in [0.717, 1.165) is 25.9 Å². The Bertz CT molecular complexity index is 142. The van der Waals surface area contributed by atoms with Gasteiger partial charge in [-0.1, -0.05) is 8.64 Å². The van der Waals surface area contributed by atoms with Crippen molar-refractivity contribution in [1.29, 1.82) is 0 Å². The normalized spacial score (nSPS) is 9.00. The summed E-state index contributed by atoms with van der Waals surface area (Å²) in [4.78, 5) is 0. The Balaban J connectivity index is 3.01. The molecule has 0 fully saturated rings. The van der Waals surface area contributed by atoms with Crippen LogP contribution >= 0.6 is 24.4 Å².